The van der Waals surface area contributed by atoms with Crippen LogP contribution in [0.3, 0.4) is 0 Å². The van der Waals surface area contributed by atoms with E-state index in [0.717, 1.165) is 11.1 Å². The maximum atomic E-state index is 12.6. The third-order valence-corrected chi connectivity index (χ3v) is 5.35. The summed E-state index contributed by atoms with van der Waals surface area (Å²) in [7, 11) is 3.58. The Morgan fingerprint density at radius 3 is 2.60 bits per heavy atom. The van der Waals surface area contributed by atoms with E-state index in [1.165, 1.54) is 16.3 Å². The van der Waals surface area contributed by atoms with Crippen LogP contribution in [-0.4, -0.2) is 35.6 Å². The molecule has 4 aromatic heterocycles. The van der Waals surface area contributed by atoms with Gasteiger partial charge >= 0.3 is 0 Å². The van der Waals surface area contributed by atoms with Crippen LogP contribution in [0.2, 0.25) is 0 Å². The lowest BCUT2D eigenvalue weighted by Gasteiger charge is -2.11. The molecule has 9 heteroatoms. The van der Waals surface area contributed by atoms with Crippen LogP contribution < -0.4 is 10.3 Å². The molecule has 0 aliphatic carbocycles. The van der Waals surface area contributed by atoms with Gasteiger partial charge in [-0.15, -0.1) is 0 Å². The fourth-order valence-electron chi connectivity index (χ4n) is 3.03. The monoisotopic (exact) mass is 420 g/mol. The molecule has 0 unspecified atom stereocenters. The van der Waals surface area contributed by atoms with E-state index < -0.39 is 0 Å². The summed E-state index contributed by atoms with van der Waals surface area (Å²) < 4.78 is 9.22. The number of thioether (sulfide) groups is 1. The number of aromatic nitrogens is 6. The molecule has 0 fully saturated rings. The molecule has 30 heavy (non-hydrogen) atoms. The molecule has 0 aliphatic heterocycles. The summed E-state index contributed by atoms with van der Waals surface area (Å²) in [5, 5.41) is 4.85. The van der Waals surface area contributed by atoms with E-state index >= 15 is 0 Å². The van der Waals surface area contributed by atoms with Crippen molar-refractivity contribution in [2.24, 2.45) is 14.1 Å². The number of hydrogen-bond acceptors (Lipinski definition) is 7. The molecule has 0 saturated heterocycles. The summed E-state index contributed by atoms with van der Waals surface area (Å²) in [6.45, 7) is 1.83. The fraction of sp³-hybridized carbons (Fsp3) is 0.190. The van der Waals surface area contributed by atoms with Crippen LogP contribution in [0.5, 0.6) is 11.6 Å². The predicted molar refractivity (Wildman–Crippen MR) is 116 cm³/mol. The van der Waals surface area contributed by atoms with Gasteiger partial charge in [-0.2, -0.15) is 5.10 Å². The van der Waals surface area contributed by atoms with Crippen molar-refractivity contribution in [3.63, 3.8) is 0 Å². The second kappa shape index (κ2) is 8.11. The van der Waals surface area contributed by atoms with Gasteiger partial charge in [-0.1, -0.05) is 11.8 Å². The highest BCUT2D eigenvalue weighted by molar-refractivity contribution is 7.98. The van der Waals surface area contributed by atoms with Crippen LogP contribution in [0.25, 0.3) is 22.4 Å². The number of ether oxygens (including phenoxy) is 1. The predicted octanol–water partition coefficient (Wildman–Crippen LogP) is 3.46. The van der Waals surface area contributed by atoms with Gasteiger partial charge in [-0.3, -0.25) is 14.0 Å². The summed E-state index contributed by atoms with van der Waals surface area (Å²) in [6, 6.07) is 7.30. The maximum absolute atomic E-state index is 12.6. The number of hydrogen-bond donors (Lipinski definition) is 0. The second-order valence-corrected chi connectivity index (χ2v) is 7.46. The molecule has 0 atom stereocenters. The highest BCUT2D eigenvalue weighted by atomic mass is 32.2. The van der Waals surface area contributed by atoms with Crippen LogP contribution in [0.4, 0.5) is 0 Å². The lowest BCUT2D eigenvalue weighted by molar-refractivity contribution is 0.457. The third-order valence-electron chi connectivity index (χ3n) is 4.61. The van der Waals surface area contributed by atoms with Gasteiger partial charge in [0.25, 0.3) is 5.56 Å². The first-order valence-corrected chi connectivity index (χ1v) is 10.4. The van der Waals surface area contributed by atoms with Gasteiger partial charge in [0.2, 0.25) is 5.88 Å². The fourth-order valence-corrected chi connectivity index (χ4v) is 3.54. The van der Waals surface area contributed by atoms with Gasteiger partial charge in [0.1, 0.15) is 0 Å². The summed E-state index contributed by atoms with van der Waals surface area (Å²) in [5.74, 6) is 1.02. The Morgan fingerprint density at radius 1 is 1.07 bits per heavy atom. The number of rotatable bonds is 5. The number of nitrogens with zero attached hydrogens (tertiary/aromatic N) is 6. The molecule has 152 valence electrons. The molecular weight excluding hydrogens is 400 g/mol. The molecule has 4 heterocycles. The molecule has 0 amide bonds. The molecule has 0 bridgehead atoms. The first-order valence-electron chi connectivity index (χ1n) is 9.17. The van der Waals surface area contributed by atoms with E-state index in [1.54, 1.807) is 42.5 Å². The lowest BCUT2D eigenvalue weighted by atomic mass is 10.1. The van der Waals surface area contributed by atoms with Gasteiger partial charge in [-0.05, 0) is 36.9 Å². The van der Waals surface area contributed by atoms with Crippen molar-refractivity contribution in [3.05, 3.63) is 65.1 Å². The minimum Gasteiger partial charge on any atom is -0.437 e. The van der Waals surface area contributed by atoms with E-state index in [-0.39, 0.29) is 5.56 Å². The van der Waals surface area contributed by atoms with Crippen LogP contribution in [0.15, 0.2) is 59.0 Å². The molecule has 4 aromatic rings. The lowest BCUT2D eigenvalue weighted by Crippen LogP contribution is -2.21. The molecule has 0 aromatic carbocycles. The van der Waals surface area contributed by atoms with Gasteiger partial charge in [0, 0.05) is 44.3 Å². The minimum absolute atomic E-state index is 0.138. The van der Waals surface area contributed by atoms with E-state index in [0.29, 0.717) is 33.7 Å². The Morgan fingerprint density at radius 2 is 1.90 bits per heavy atom. The van der Waals surface area contributed by atoms with Crippen molar-refractivity contribution in [2.75, 3.05) is 6.26 Å². The van der Waals surface area contributed by atoms with Crippen molar-refractivity contribution in [2.45, 2.75) is 12.1 Å². The SMILES string of the molecule is CSc1ncc(-c2ccc(Oc3cc(-c4cnn(C)c4)ccn3)c(C)n2)c(=O)n1C. The molecule has 8 nitrogen and oxygen atoms in total. The molecule has 4 rings (SSSR count). The third kappa shape index (κ3) is 3.84. The Balaban J connectivity index is 1.62. The van der Waals surface area contributed by atoms with Crippen molar-refractivity contribution < 1.29 is 4.74 Å². The van der Waals surface area contributed by atoms with Crippen LogP contribution >= 0.6 is 11.8 Å². The van der Waals surface area contributed by atoms with Crippen molar-refractivity contribution >= 4 is 11.8 Å². The minimum atomic E-state index is -0.138. The molecule has 0 spiro atoms. The average molecular weight is 420 g/mol. The van der Waals surface area contributed by atoms with Crippen LogP contribution in [0, 0.1) is 6.92 Å². The van der Waals surface area contributed by atoms with Gasteiger partial charge in [0.05, 0.1) is 23.1 Å². The number of pyridine rings is 2. The largest absolute Gasteiger partial charge is 0.437 e. The Bertz CT molecular complexity index is 1280. The van der Waals surface area contributed by atoms with Crippen LogP contribution in [0.1, 0.15) is 5.69 Å². The highest BCUT2D eigenvalue weighted by Crippen LogP contribution is 2.28. The summed E-state index contributed by atoms with van der Waals surface area (Å²) in [5.41, 5.74) is 3.45. The quantitative estimate of drug-likeness (QED) is 0.361. The normalized spacial score (nSPS) is 10.9. The zero-order chi connectivity index (χ0) is 21.3. The topological polar surface area (TPSA) is 87.7 Å². The van der Waals surface area contributed by atoms with Crippen molar-refractivity contribution in [3.8, 4) is 34.0 Å². The summed E-state index contributed by atoms with van der Waals surface area (Å²) in [4.78, 5) is 25.8. The van der Waals surface area contributed by atoms with Crippen molar-refractivity contribution in [1.29, 1.82) is 0 Å². The van der Waals surface area contributed by atoms with Crippen molar-refractivity contribution in [1.82, 2.24) is 29.3 Å². The first kappa shape index (κ1) is 19.8. The second-order valence-electron chi connectivity index (χ2n) is 6.69. The Labute approximate surface area is 177 Å². The Kier molecular flexibility index (Phi) is 5.37. The van der Waals surface area contributed by atoms with E-state index in [1.807, 2.05) is 38.6 Å². The summed E-state index contributed by atoms with van der Waals surface area (Å²) >= 11 is 1.42. The summed E-state index contributed by atoms with van der Waals surface area (Å²) in [6.07, 6.45) is 8.86. The van der Waals surface area contributed by atoms with Gasteiger partial charge < -0.3 is 4.74 Å². The smallest absolute Gasteiger partial charge is 0.263 e. The molecule has 0 N–H and O–H groups in total. The zero-order valence-electron chi connectivity index (χ0n) is 17.0. The molecular formula is C21H20N6O2S. The number of aryl methyl sites for hydroxylation is 2. The molecule has 0 saturated carbocycles. The van der Waals surface area contributed by atoms with Crippen LogP contribution in [-0.2, 0) is 14.1 Å². The van der Waals surface area contributed by atoms with E-state index in [9.17, 15) is 4.79 Å². The zero-order valence-corrected chi connectivity index (χ0v) is 17.8. The van der Waals surface area contributed by atoms with Gasteiger partial charge in [-0.25, -0.2) is 15.0 Å². The molecule has 0 aliphatic rings. The average Bonchev–Trinajstić information content (AvgIpc) is 3.18. The standard InChI is InChI=1S/C21H20N6O2S/c1-13-18(29-19-9-14(7-8-22-19)15-10-24-26(2)12-15)6-5-17(25-13)16-11-23-21(30-4)27(3)20(16)28/h5-12H,1-4H3. The first-order chi connectivity index (χ1) is 14.5. The highest BCUT2D eigenvalue weighted by Gasteiger charge is 2.13. The maximum Gasteiger partial charge on any atom is 0.263 e. The molecule has 0 radical (unpaired) electrons. The van der Waals surface area contributed by atoms with E-state index in [2.05, 4.69) is 20.1 Å². The Hall–Kier alpha value is -3.46. The van der Waals surface area contributed by atoms with Gasteiger partial charge in [0.15, 0.2) is 10.9 Å². The van der Waals surface area contributed by atoms with E-state index in [4.69, 9.17) is 4.74 Å².